The first-order valence-corrected chi connectivity index (χ1v) is 5.94. The summed E-state index contributed by atoms with van der Waals surface area (Å²) in [5, 5.41) is 13.5. The van der Waals surface area contributed by atoms with Crippen LogP contribution in [0.1, 0.15) is 18.6 Å². The molecule has 17 heavy (non-hydrogen) atoms. The number of aliphatic hydroxyl groups is 1. The summed E-state index contributed by atoms with van der Waals surface area (Å²) in [7, 11) is 0. The highest BCUT2D eigenvalue weighted by molar-refractivity contribution is 5.36. The summed E-state index contributed by atoms with van der Waals surface area (Å²) >= 11 is 0. The van der Waals surface area contributed by atoms with Gasteiger partial charge < -0.3 is 10.4 Å². The molecule has 1 aromatic carbocycles. The molecule has 0 aliphatic heterocycles. The summed E-state index contributed by atoms with van der Waals surface area (Å²) in [5.74, 6) is 1.25. The molecule has 2 N–H and O–H groups in total. The third-order valence-electron chi connectivity index (χ3n) is 2.97. The van der Waals surface area contributed by atoms with E-state index >= 15 is 0 Å². The van der Waals surface area contributed by atoms with Crippen LogP contribution in [0.3, 0.4) is 0 Å². The van der Waals surface area contributed by atoms with E-state index in [1.165, 1.54) is 5.92 Å². The fourth-order valence-corrected chi connectivity index (χ4v) is 1.86. The zero-order chi connectivity index (χ0) is 12.1. The molecule has 2 atom stereocenters. The van der Waals surface area contributed by atoms with Crippen LogP contribution in [0.15, 0.2) is 30.3 Å². The van der Waals surface area contributed by atoms with Crippen molar-refractivity contribution in [3.8, 4) is 0 Å². The lowest BCUT2D eigenvalue weighted by molar-refractivity contribution is 0.137. The molecular weight excluding hydrogens is 210 g/mol. The monoisotopic (exact) mass is 228 g/mol. The summed E-state index contributed by atoms with van der Waals surface area (Å²) in [6.07, 6.45) is 7.74. The van der Waals surface area contributed by atoms with Gasteiger partial charge in [-0.1, -0.05) is 30.3 Å². The predicted octanol–water partition coefficient (Wildman–Crippen LogP) is 2.10. The van der Waals surface area contributed by atoms with Gasteiger partial charge in [-0.25, -0.2) is 0 Å². The summed E-state index contributed by atoms with van der Waals surface area (Å²) in [6.45, 7) is 2.79. The second-order valence-corrected chi connectivity index (χ2v) is 4.32. The zero-order valence-corrected chi connectivity index (χ0v) is 10.0. The molecule has 5 radical (unpaired) electrons. The van der Waals surface area contributed by atoms with Crippen molar-refractivity contribution in [2.24, 2.45) is 0 Å². The van der Waals surface area contributed by atoms with Gasteiger partial charge in [-0.2, -0.15) is 0 Å². The van der Waals surface area contributed by atoms with E-state index in [-0.39, 0.29) is 6.04 Å². The number of hydrogen-bond donors (Lipinski definition) is 2. The van der Waals surface area contributed by atoms with Crippen molar-refractivity contribution >= 4 is 0 Å². The molecule has 0 heterocycles. The first-order chi connectivity index (χ1) is 8.27. The standard InChI is InChI=1S/C15H18NO/c1-12(16-11-13-7-5-6-8-13)15(17)14-9-3-2-4-10-14/h2-10,12,15-17H,11H2,1H3/t12-,15-/m1/s1. The fourth-order valence-electron chi connectivity index (χ4n) is 1.86. The molecule has 1 fully saturated rings. The van der Waals surface area contributed by atoms with Gasteiger partial charge in [-0.3, -0.25) is 0 Å². The van der Waals surface area contributed by atoms with E-state index < -0.39 is 6.10 Å². The van der Waals surface area contributed by atoms with E-state index in [9.17, 15) is 5.11 Å². The number of nitrogens with one attached hydrogen (secondary N) is 1. The highest BCUT2D eigenvalue weighted by Crippen LogP contribution is 2.23. The van der Waals surface area contributed by atoms with Gasteiger partial charge in [0.05, 0.1) is 6.10 Å². The van der Waals surface area contributed by atoms with Gasteiger partial charge in [-0.05, 0) is 44.1 Å². The van der Waals surface area contributed by atoms with Gasteiger partial charge in [-0.15, -0.1) is 0 Å². The van der Waals surface area contributed by atoms with Crippen LogP contribution in [0.25, 0.3) is 0 Å². The minimum atomic E-state index is -0.467. The average Bonchev–Trinajstić information content (AvgIpc) is 2.89. The van der Waals surface area contributed by atoms with Crippen LogP contribution in [0.4, 0.5) is 0 Å². The molecule has 0 bridgehead atoms. The Morgan fingerprint density at radius 2 is 1.76 bits per heavy atom. The van der Waals surface area contributed by atoms with E-state index in [1.54, 1.807) is 0 Å². The minimum Gasteiger partial charge on any atom is -0.387 e. The molecule has 0 unspecified atom stereocenters. The molecule has 1 aliphatic rings. The van der Waals surface area contributed by atoms with Crippen LogP contribution in [0, 0.1) is 31.6 Å². The van der Waals surface area contributed by atoms with Gasteiger partial charge in [0.2, 0.25) is 0 Å². The molecule has 89 valence electrons. The number of rotatable bonds is 5. The first-order valence-electron chi connectivity index (χ1n) is 5.94. The Labute approximate surface area is 104 Å². The molecule has 0 aromatic heterocycles. The van der Waals surface area contributed by atoms with E-state index in [0.29, 0.717) is 0 Å². The van der Waals surface area contributed by atoms with Crippen LogP contribution in [0.5, 0.6) is 0 Å². The molecule has 2 rings (SSSR count). The van der Waals surface area contributed by atoms with Crippen molar-refractivity contribution in [1.29, 1.82) is 0 Å². The second-order valence-electron chi connectivity index (χ2n) is 4.32. The van der Waals surface area contributed by atoms with Crippen LogP contribution in [-0.4, -0.2) is 17.7 Å². The maximum Gasteiger partial charge on any atom is 0.0940 e. The topological polar surface area (TPSA) is 32.3 Å². The lowest BCUT2D eigenvalue weighted by Gasteiger charge is -2.22. The molecule has 0 amide bonds. The Bertz CT molecular complexity index is 319. The SMILES string of the molecule is C[C@@H](NC[C]1[CH][CH][CH][CH]1)[C@@H](O)c1ccccc1. The maximum atomic E-state index is 10.2. The second kappa shape index (κ2) is 6.18. The van der Waals surface area contributed by atoms with Crippen LogP contribution in [0.2, 0.25) is 0 Å². The zero-order valence-electron chi connectivity index (χ0n) is 10.0. The molecule has 1 saturated carbocycles. The van der Waals surface area contributed by atoms with Crippen molar-refractivity contribution in [2.75, 3.05) is 6.54 Å². The minimum absolute atomic E-state index is 0.0345. The molecule has 2 heteroatoms. The summed E-state index contributed by atoms with van der Waals surface area (Å²) in [6, 6.07) is 9.78. The van der Waals surface area contributed by atoms with E-state index in [1.807, 2.05) is 50.1 Å². The average molecular weight is 228 g/mol. The summed E-state index contributed by atoms with van der Waals surface area (Å²) in [5.41, 5.74) is 0.954. The van der Waals surface area contributed by atoms with Gasteiger partial charge >= 0.3 is 0 Å². The van der Waals surface area contributed by atoms with E-state index in [0.717, 1.165) is 12.1 Å². The third-order valence-corrected chi connectivity index (χ3v) is 2.97. The number of hydrogen-bond acceptors (Lipinski definition) is 2. The van der Waals surface area contributed by atoms with Crippen molar-refractivity contribution in [3.63, 3.8) is 0 Å². The molecule has 0 saturated heterocycles. The van der Waals surface area contributed by atoms with Crippen molar-refractivity contribution < 1.29 is 5.11 Å². The van der Waals surface area contributed by atoms with E-state index in [2.05, 4.69) is 18.2 Å². The number of aliphatic hydroxyl groups excluding tert-OH is 1. The molecule has 1 aromatic rings. The van der Waals surface area contributed by atoms with Gasteiger partial charge in [0.25, 0.3) is 0 Å². The van der Waals surface area contributed by atoms with Crippen LogP contribution in [-0.2, 0) is 0 Å². The normalized spacial score (nSPS) is 20.4. The van der Waals surface area contributed by atoms with Crippen molar-refractivity contribution in [3.05, 3.63) is 67.5 Å². The quantitative estimate of drug-likeness (QED) is 0.809. The molecular formula is C15H18NO. The largest absolute Gasteiger partial charge is 0.387 e. The van der Waals surface area contributed by atoms with Gasteiger partial charge in [0.1, 0.15) is 0 Å². The first kappa shape index (κ1) is 12.6. The Hall–Kier alpha value is -0.860. The van der Waals surface area contributed by atoms with Gasteiger partial charge in [0.15, 0.2) is 0 Å². The fraction of sp³-hybridized carbons (Fsp3) is 0.267. The molecule has 0 spiro atoms. The number of benzene rings is 1. The lowest BCUT2D eigenvalue weighted by Crippen LogP contribution is -2.34. The maximum absolute atomic E-state index is 10.2. The van der Waals surface area contributed by atoms with E-state index in [4.69, 9.17) is 0 Å². The summed E-state index contributed by atoms with van der Waals surface area (Å²) in [4.78, 5) is 0. The van der Waals surface area contributed by atoms with Crippen LogP contribution >= 0.6 is 0 Å². The van der Waals surface area contributed by atoms with Crippen LogP contribution < -0.4 is 5.32 Å². The van der Waals surface area contributed by atoms with Crippen molar-refractivity contribution in [2.45, 2.75) is 19.1 Å². The Morgan fingerprint density at radius 1 is 1.12 bits per heavy atom. The summed E-state index contributed by atoms with van der Waals surface area (Å²) < 4.78 is 0. The molecule has 2 nitrogen and oxygen atoms in total. The highest BCUT2D eigenvalue weighted by atomic mass is 16.3. The smallest absolute Gasteiger partial charge is 0.0940 e. The lowest BCUT2D eigenvalue weighted by atomic mass is 10.0. The Kier molecular flexibility index (Phi) is 4.57. The highest BCUT2D eigenvalue weighted by Gasteiger charge is 2.20. The Morgan fingerprint density at radius 3 is 2.41 bits per heavy atom. The predicted molar refractivity (Wildman–Crippen MR) is 69.3 cm³/mol. The third kappa shape index (κ3) is 3.55. The van der Waals surface area contributed by atoms with Crippen molar-refractivity contribution in [1.82, 2.24) is 5.32 Å². The molecule has 1 aliphatic carbocycles. The Balaban J connectivity index is 1.80. The van der Waals surface area contributed by atoms with Gasteiger partial charge in [0, 0.05) is 12.6 Å².